The van der Waals surface area contributed by atoms with Crippen molar-refractivity contribution < 1.29 is 4.79 Å². The van der Waals surface area contributed by atoms with Crippen molar-refractivity contribution in [2.75, 3.05) is 26.2 Å². The molecule has 4 nitrogen and oxygen atoms in total. The number of carbonyl (C=O) groups is 1. The lowest BCUT2D eigenvalue weighted by Crippen LogP contribution is -2.41. The first-order chi connectivity index (χ1) is 15.7. The van der Waals surface area contributed by atoms with Crippen LogP contribution < -0.4 is 0 Å². The molecule has 0 radical (unpaired) electrons. The molecule has 2 aromatic carbocycles. The van der Waals surface area contributed by atoms with Crippen molar-refractivity contribution in [3.63, 3.8) is 0 Å². The Kier molecular flexibility index (Phi) is 6.58. The first-order valence-corrected chi connectivity index (χ1v) is 12.6. The Bertz CT molecular complexity index is 1080. The summed E-state index contributed by atoms with van der Waals surface area (Å²) < 4.78 is 1.20. The third kappa shape index (κ3) is 4.75. The molecular weight excluding hydrogens is 438 g/mol. The van der Waals surface area contributed by atoms with Gasteiger partial charge in [-0.1, -0.05) is 48.0 Å². The van der Waals surface area contributed by atoms with Gasteiger partial charge in [0.25, 0.3) is 0 Å². The molecule has 6 heteroatoms. The first kappa shape index (κ1) is 21.6. The summed E-state index contributed by atoms with van der Waals surface area (Å²) in [6.45, 7) is 4.45. The van der Waals surface area contributed by atoms with Crippen molar-refractivity contribution in [1.29, 1.82) is 0 Å². The Morgan fingerprint density at radius 2 is 1.81 bits per heavy atom. The van der Waals surface area contributed by atoms with E-state index in [-0.39, 0.29) is 11.8 Å². The topological polar surface area (TPSA) is 36.4 Å². The average molecular weight is 466 g/mol. The Labute approximate surface area is 198 Å². The smallest absolute Gasteiger partial charge is 0.226 e. The number of nitrogens with zero attached hydrogens (tertiary/aromatic N) is 3. The Morgan fingerprint density at radius 3 is 2.66 bits per heavy atom. The number of fused-ring (bicyclic) bond motifs is 1. The molecule has 0 saturated carbocycles. The number of hydrogen-bond donors (Lipinski definition) is 0. The summed E-state index contributed by atoms with van der Waals surface area (Å²) in [5.41, 5.74) is 2.31. The summed E-state index contributed by atoms with van der Waals surface area (Å²) in [5.74, 6) is 0.466. The Balaban J connectivity index is 1.27. The van der Waals surface area contributed by atoms with Crippen molar-refractivity contribution in [3.05, 3.63) is 76.3 Å². The molecule has 1 aromatic heterocycles. The van der Waals surface area contributed by atoms with Crippen LogP contribution in [0.25, 0.3) is 10.2 Å². The highest BCUT2D eigenvalue weighted by Crippen LogP contribution is 2.39. The van der Waals surface area contributed by atoms with Crippen molar-refractivity contribution in [1.82, 2.24) is 14.8 Å². The molecule has 2 unspecified atom stereocenters. The molecule has 1 amide bonds. The van der Waals surface area contributed by atoms with Crippen molar-refractivity contribution in [2.24, 2.45) is 5.92 Å². The maximum Gasteiger partial charge on any atom is 0.226 e. The van der Waals surface area contributed by atoms with Crippen molar-refractivity contribution >= 4 is 39.1 Å². The molecule has 1 aliphatic heterocycles. The second-order valence-electron chi connectivity index (χ2n) is 8.76. The molecule has 166 valence electrons. The summed E-state index contributed by atoms with van der Waals surface area (Å²) in [7, 11) is 0. The Hall–Kier alpha value is -2.21. The van der Waals surface area contributed by atoms with E-state index < -0.39 is 0 Å². The number of para-hydroxylation sites is 1. The average Bonchev–Trinajstić information content (AvgIpc) is 3.12. The van der Waals surface area contributed by atoms with Crippen LogP contribution in [0.2, 0.25) is 5.02 Å². The number of hydrogen-bond acceptors (Lipinski definition) is 4. The molecule has 1 fully saturated rings. The highest BCUT2D eigenvalue weighted by Gasteiger charge is 2.35. The van der Waals surface area contributed by atoms with Crippen LogP contribution in [0.3, 0.4) is 0 Å². The molecule has 1 aliphatic carbocycles. The first-order valence-electron chi connectivity index (χ1n) is 11.4. The minimum atomic E-state index is -0.0108. The minimum absolute atomic E-state index is 0.0108. The van der Waals surface area contributed by atoms with Crippen molar-refractivity contribution in [3.8, 4) is 0 Å². The van der Waals surface area contributed by atoms with Crippen LogP contribution in [-0.2, 0) is 11.3 Å². The lowest BCUT2D eigenvalue weighted by Gasteiger charge is -2.31. The number of rotatable bonds is 4. The second-order valence-corrected chi connectivity index (χ2v) is 10.3. The van der Waals surface area contributed by atoms with Crippen LogP contribution in [0.5, 0.6) is 0 Å². The lowest BCUT2D eigenvalue weighted by atomic mass is 9.82. The van der Waals surface area contributed by atoms with E-state index in [1.807, 2.05) is 18.2 Å². The molecule has 0 spiro atoms. The zero-order valence-corrected chi connectivity index (χ0v) is 19.7. The van der Waals surface area contributed by atoms with Gasteiger partial charge in [0.2, 0.25) is 5.91 Å². The van der Waals surface area contributed by atoms with Crippen LogP contribution in [-0.4, -0.2) is 46.9 Å². The van der Waals surface area contributed by atoms with Gasteiger partial charge in [0.15, 0.2) is 0 Å². The molecule has 1 saturated heterocycles. The largest absolute Gasteiger partial charge is 0.341 e. The maximum atomic E-state index is 13.6. The fourth-order valence-corrected chi connectivity index (χ4v) is 6.11. The molecule has 2 aliphatic rings. The molecule has 0 N–H and O–H groups in total. The summed E-state index contributed by atoms with van der Waals surface area (Å²) in [6.07, 6.45) is 7.11. The molecule has 3 aromatic rings. The van der Waals surface area contributed by atoms with Gasteiger partial charge in [0.1, 0.15) is 0 Å². The molecule has 0 bridgehead atoms. The van der Waals surface area contributed by atoms with Gasteiger partial charge in [-0.15, -0.1) is 11.3 Å². The van der Waals surface area contributed by atoms with E-state index in [0.29, 0.717) is 5.91 Å². The van der Waals surface area contributed by atoms with Gasteiger partial charge in [-0.05, 0) is 49.1 Å². The predicted octanol–water partition coefficient (Wildman–Crippen LogP) is 5.73. The summed E-state index contributed by atoms with van der Waals surface area (Å²) in [6, 6.07) is 16.3. The monoisotopic (exact) mass is 465 g/mol. The molecule has 32 heavy (non-hydrogen) atoms. The van der Waals surface area contributed by atoms with E-state index in [2.05, 4.69) is 52.3 Å². The second kappa shape index (κ2) is 9.74. The highest BCUT2D eigenvalue weighted by atomic mass is 35.5. The number of halogens is 1. The summed E-state index contributed by atoms with van der Waals surface area (Å²) >= 11 is 7.77. The number of allylic oxidation sites excluding steroid dienone is 2. The van der Waals surface area contributed by atoms with Gasteiger partial charge < -0.3 is 4.90 Å². The van der Waals surface area contributed by atoms with E-state index in [1.165, 1.54) is 10.3 Å². The number of carbonyl (C=O) groups excluding carboxylic acids is 1. The zero-order chi connectivity index (χ0) is 21.9. The maximum absolute atomic E-state index is 13.6. The molecule has 2 heterocycles. The molecule has 2 atom stereocenters. The predicted molar refractivity (Wildman–Crippen MR) is 132 cm³/mol. The standard InChI is InChI=1S/C26H28ClN3OS/c27-20-12-10-19(11-13-20)18-29-14-5-15-30(17-16-29)26(31)22-7-2-1-6-21(22)25-28-23-8-3-4-9-24(23)32-25/h1-4,8-13,21-22H,5-7,14-18H2. The van der Waals surface area contributed by atoms with Gasteiger partial charge in [-0.25, -0.2) is 4.98 Å². The quantitative estimate of drug-likeness (QED) is 0.461. The third-order valence-electron chi connectivity index (χ3n) is 6.60. The van der Waals surface area contributed by atoms with E-state index in [4.69, 9.17) is 16.6 Å². The molecule has 5 rings (SSSR count). The SMILES string of the molecule is O=C(C1CC=CCC1c1nc2ccccc2s1)N1CCCN(Cc2ccc(Cl)cc2)CC1. The minimum Gasteiger partial charge on any atom is -0.341 e. The fourth-order valence-electron chi connectivity index (χ4n) is 4.84. The fraction of sp³-hybridized carbons (Fsp3) is 0.385. The number of thiazole rings is 1. The lowest BCUT2D eigenvalue weighted by molar-refractivity contribution is -0.136. The van der Waals surface area contributed by atoms with Crippen LogP contribution in [0.15, 0.2) is 60.7 Å². The van der Waals surface area contributed by atoms with Gasteiger partial charge in [-0.2, -0.15) is 0 Å². The van der Waals surface area contributed by atoms with E-state index >= 15 is 0 Å². The number of benzene rings is 2. The van der Waals surface area contributed by atoms with E-state index in [0.717, 1.165) is 67.5 Å². The van der Waals surface area contributed by atoms with Gasteiger partial charge in [0, 0.05) is 43.7 Å². The van der Waals surface area contributed by atoms with Gasteiger partial charge >= 0.3 is 0 Å². The number of aromatic nitrogens is 1. The normalized spacial score (nSPS) is 22.2. The highest BCUT2D eigenvalue weighted by molar-refractivity contribution is 7.18. The van der Waals surface area contributed by atoms with E-state index in [1.54, 1.807) is 11.3 Å². The van der Waals surface area contributed by atoms with Crippen LogP contribution in [0.4, 0.5) is 0 Å². The van der Waals surface area contributed by atoms with E-state index in [9.17, 15) is 4.79 Å². The summed E-state index contributed by atoms with van der Waals surface area (Å²) in [4.78, 5) is 23.1. The van der Waals surface area contributed by atoms with Crippen LogP contribution in [0.1, 0.15) is 35.8 Å². The van der Waals surface area contributed by atoms with Crippen LogP contribution in [0, 0.1) is 5.92 Å². The van der Waals surface area contributed by atoms with Crippen LogP contribution >= 0.6 is 22.9 Å². The number of amides is 1. The third-order valence-corrected chi connectivity index (χ3v) is 8.02. The Morgan fingerprint density at radius 1 is 1.00 bits per heavy atom. The summed E-state index contributed by atoms with van der Waals surface area (Å²) in [5, 5.41) is 1.87. The van der Waals surface area contributed by atoms with Gasteiger partial charge in [-0.3, -0.25) is 9.69 Å². The van der Waals surface area contributed by atoms with Crippen molar-refractivity contribution in [2.45, 2.75) is 31.7 Å². The zero-order valence-electron chi connectivity index (χ0n) is 18.1. The molecular formula is C26H28ClN3OS. The van der Waals surface area contributed by atoms with Gasteiger partial charge in [0.05, 0.1) is 21.1 Å².